The van der Waals surface area contributed by atoms with E-state index in [1.165, 1.54) is 12.0 Å². The first-order valence-electron chi connectivity index (χ1n) is 7.08. The first-order chi connectivity index (χ1) is 9.76. The van der Waals surface area contributed by atoms with Crippen molar-refractivity contribution in [3.63, 3.8) is 0 Å². The van der Waals surface area contributed by atoms with Crippen molar-refractivity contribution in [2.75, 3.05) is 19.6 Å². The number of hydrogen-bond acceptors (Lipinski definition) is 5. The van der Waals surface area contributed by atoms with E-state index in [9.17, 15) is 0 Å². The lowest BCUT2D eigenvalue weighted by atomic mass is 9.88. The topological polar surface area (TPSA) is 68.2 Å². The zero-order valence-electron chi connectivity index (χ0n) is 11.5. The molecule has 0 amide bonds. The first-order valence-corrected chi connectivity index (χ1v) is 7.08. The Morgan fingerprint density at radius 3 is 2.60 bits per heavy atom. The van der Waals surface area contributed by atoms with Crippen LogP contribution in [0.1, 0.15) is 24.2 Å². The van der Waals surface area contributed by atoms with E-state index in [0.717, 1.165) is 38.9 Å². The van der Waals surface area contributed by atoms with Crippen LogP contribution in [0.15, 0.2) is 41.2 Å². The van der Waals surface area contributed by atoms with Crippen LogP contribution < -0.4 is 5.73 Å². The molecule has 2 aromatic rings. The highest BCUT2D eigenvalue weighted by Gasteiger charge is 2.35. The number of nitrogens with two attached hydrogens (primary N) is 1. The Bertz CT molecular complexity index is 518. The van der Waals surface area contributed by atoms with Crippen LogP contribution in [0.4, 0.5) is 0 Å². The minimum absolute atomic E-state index is 0.420. The summed E-state index contributed by atoms with van der Waals surface area (Å²) in [7, 11) is 0. The monoisotopic (exact) mass is 272 g/mol. The third-order valence-electron chi connectivity index (χ3n) is 4.11. The van der Waals surface area contributed by atoms with Crippen LogP contribution >= 0.6 is 0 Å². The minimum Gasteiger partial charge on any atom is -0.343 e. The van der Waals surface area contributed by atoms with E-state index in [0.29, 0.717) is 5.82 Å². The number of benzene rings is 1. The van der Waals surface area contributed by atoms with Gasteiger partial charge in [-0.2, -0.15) is 4.98 Å². The highest BCUT2D eigenvalue weighted by atomic mass is 16.5. The lowest BCUT2D eigenvalue weighted by molar-refractivity contribution is 0.155. The van der Waals surface area contributed by atoms with E-state index in [1.807, 2.05) is 0 Å². The van der Waals surface area contributed by atoms with Crippen molar-refractivity contribution in [2.45, 2.75) is 24.8 Å². The average Bonchev–Trinajstić information content (AvgIpc) is 3.03. The third-order valence-corrected chi connectivity index (χ3v) is 4.11. The van der Waals surface area contributed by atoms with Gasteiger partial charge in [0, 0.05) is 19.6 Å². The summed E-state index contributed by atoms with van der Waals surface area (Å²) in [6, 6.07) is 10.6. The van der Waals surface area contributed by atoms with Gasteiger partial charge in [-0.1, -0.05) is 35.5 Å². The van der Waals surface area contributed by atoms with Gasteiger partial charge in [0.25, 0.3) is 0 Å². The molecule has 106 valence electrons. The minimum atomic E-state index is -0.420. The molecule has 2 N–H and O–H groups in total. The van der Waals surface area contributed by atoms with Crippen molar-refractivity contribution in [2.24, 2.45) is 5.73 Å². The molecule has 0 saturated carbocycles. The lowest BCUT2D eigenvalue weighted by Gasteiger charge is -2.37. The van der Waals surface area contributed by atoms with Crippen LogP contribution in [-0.4, -0.2) is 34.7 Å². The third kappa shape index (κ3) is 2.89. The second-order valence-electron chi connectivity index (χ2n) is 5.49. The van der Waals surface area contributed by atoms with Crippen LogP contribution in [0.5, 0.6) is 0 Å². The van der Waals surface area contributed by atoms with E-state index in [4.69, 9.17) is 10.3 Å². The van der Waals surface area contributed by atoms with E-state index in [1.54, 1.807) is 0 Å². The molecule has 1 aromatic heterocycles. The first kappa shape index (κ1) is 13.3. The summed E-state index contributed by atoms with van der Waals surface area (Å²) in [6.45, 7) is 3.04. The van der Waals surface area contributed by atoms with Crippen LogP contribution in [0.25, 0.3) is 0 Å². The van der Waals surface area contributed by atoms with Gasteiger partial charge in [-0.3, -0.25) is 0 Å². The summed E-state index contributed by atoms with van der Waals surface area (Å²) in [6.07, 6.45) is 4.19. The molecule has 5 nitrogen and oxygen atoms in total. The molecular formula is C15H20N4O. The number of likely N-dealkylation sites (tertiary alicyclic amines) is 1. The Kier molecular flexibility index (Phi) is 3.80. The van der Waals surface area contributed by atoms with Crippen LogP contribution in [-0.2, 0) is 12.0 Å². The quantitative estimate of drug-likeness (QED) is 0.915. The maximum absolute atomic E-state index is 6.38. The van der Waals surface area contributed by atoms with Crippen molar-refractivity contribution in [3.05, 3.63) is 48.1 Å². The summed E-state index contributed by atoms with van der Waals surface area (Å²) < 4.78 is 4.81. The smallest absolute Gasteiger partial charge is 0.213 e. The predicted molar refractivity (Wildman–Crippen MR) is 76.0 cm³/mol. The molecule has 5 heteroatoms. The van der Waals surface area contributed by atoms with Gasteiger partial charge < -0.3 is 15.2 Å². The fourth-order valence-electron chi connectivity index (χ4n) is 2.72. The molecule has 2 heterocycles. The molecule has 1 fully saturated rings. The zero-order chi connectivity index (χ0) is 13.8. The van der Waals surface area contributed by atoms with Gasteiger partial charge >= 0.3 is 0 Å². The molecular weight excluding hydrogens is 252 g/mol. The molecule has 0 unspecified atom stereocenters. The fraction of sp³-hybridized carbons (Fsp3) is 0.467. The van der Waals surface area contributed by atoms with Crippen molar-refractivity contribution < 1.29 is 4.52 Å². The summed E-state index contributed by atoms with van der Waals surface area (Å²) in [5, 5.41) is 3.90. The number of piperidine rings is 1. The van der Waals surface area contributed by atoms with Crippen LogP contribution in [0.2, 0.25) is 0 Å². The Morgan fingerprint density at radius 2 is 1.95 bits per heavy atom. The maximum Gasteiger partial charge on any atom is 0.213 e. The number of nitrogens with zero attached hydrogens (tertiary/aromatic N) is 3. The van der Waals surface area contributed by atoms with Gasteiger partial charge in [-0.05, 0) is 24.8 Å². The molecule has 0 atom stereocenters. The molecule has 1 aromatic carbocycles. The normalized spacial score (nSPS) is 19.1. The van der Waals surface area contributed by atoms with Crippen LogP contribution in [0, 0.1) is 0 Å². The Labute approximate surface area is 118 Å². The molecule has 1 aliphatic rings. The molecule has 3 rings (SSSR count). The molecule has 0 radical (unpaired) electrons. The second kappa shape index (κ2) is 5.73. The van der Waals surface area contributed by atoms with Crippen molar-refractivity contribution >= 4 is 0 Å². The molecule has 0 aliphatic carbocycles. The molecule has 0 spiro atoms. The van der Waals surface area contributed by atoms with E-state index < -0.39 is 5.54 Å². The maximum atomic E-state index is 6.38. The summed E-state index contributed by atoms with van der Waals surface area (Å²) >= 11 is 0. The Hall–Kier alpha value is -1.72. The fourth-order valence-corrected chi connectivity index (χ4v) is 2.72. The molecule has 20 heavy (non-hydrogen) atoms. The highest BCUT2D eigenvalue weighted by Crippen LogP contribution is 2.27. The zero-order valence-corrected chi connectivity index (χ0v) is 11.5. The summed E-state index contributed by atoms with van der Waals surface area (Å²) in [4.78, 5) is 6.57. The van der Waals surface area contributed by atoms with E-state index in [2.05, 4.69) is 45.4 Å². The van der Waals surface area contributed by atoms with Crippen molar-refractivity contribution in [1.29, 1.82) is 0 Å². The highest BCUT2D eigenvalue weighted by molar-refractivity contribution is 5.15. The molecule has 1 aliphatic heterocycles. The predicted octanol–water partition coefficient (Wildman–Crippen LogP) is 1.56. The second-order valence-corrected chi connectivity index (χ2v) is 5.49. The SMILES string of the molecule is NC1(c2ncon2)CCN(CCc2ccccc2)CC1. The number of hydrogen-bond donors (Lipinski definition) is 1. The lowest BCUT2D eigenvalue weighted by Crippen LogP contribution is -2.49. The summed E-state index contributed by atoms with van der Waals surface area (Å²) in [5.74, 6) is 0.639. The number of rotatable bonds is 4. The average molecular weight is 272 g/mol. The van der Waals surface area contributed by atoms with Crippen molar-refractivity contribution in [3.8, 4) is 0 Å². The van der Waals surface area contributed by atoms with Crippen LogP contribution in [0.3, 0.4) is 0 Å². The number of aromatic nitrogens is 2. The molecule has 0 bridgehead atoms. The van der Waals surface area contributed by atoms with Gasteiger partial charge in [-0.15, -0.1) is 0 Å². The standard InChI is InChI=1S/C15H20N4O/c16-15(14-17-12-20-18-14)7-10-19(11-8-15)9-6-13-4-2-1-3-5-13/h1-5,12H,6-11,16H2. The van der Waals surface area contributed by atoms with Gasteiger partial charge in [-0.25, -0.2) is 0 Å². The van der Waals surface area contributed by atoms with Crippen molar-refractivity contribution in [1.82, 2.24) is 15.0 Å². The van der Waals surface area contributed by atoms with Gasteiger partial charge in [0.2, 0.25) is 6.39 Å². The van der Waals surface area contributed by atoms with Gasteiger partial charge in [0.15, 0.2) is 5.82 Å². The van der Waals surface area contributed by atoms with Gasteiger partial charge in [0.1, 0.15) is 0 Å². The van der Waals surface area contributed by atoms with E-state index in [-0.39, 0.29) is 0 Å². The Morgan fingerprint density at radius 1 is 1.20 bits per heavy atom. The largest absolute Gasteiger partial charge is 0.343 e. The molecule has 1 saturated heterocycles. The van der Waals surface area contributed by atoms with Gasteiger partial charge in [0.05, 0.1) is 5.54 Å². The Balaban J connectivity index is 1.51. The summed E-state index contributed by atoms with van der Waals surface area (Å²) in [5.41, 5.74) is 7.35. The van der Waals surface area contributed by atoms with E-state index >= 15 is 0 Å².